The Kier molecular flexibility index (Phi) is 10.3. The fourth-order valence-corrected chi connectivity index (χ4v) is 5.07. The predicted octanol–water partition coefficient (Wildman–Crippen LogP) is 2.02. The fraction of sp³-hybridized carbons (Fsp3) is 0.464. The van der Waals surface area contributed by atoms with Gasteiger partial charge in [-0.25, -0.2) is 14.8 Å². The number of nitrogens with zero attached hydrogens (tertiary/aromatic N) is 5. The Morgan fingerprint density at radius 3 is 2.51 bits per heavy atom. The van der Waals surface area contributed by atoms with E-state index in [4.69, 9.17) is 10.1 Å². The number of aromatic nitrogens is 5. The minimum atomic E-state index is -0.702. The largest absolute Gasteiger partial charge is 0.344 e. The molecule has 0 saturated heterocycles. The number of nitrogens with one attached hydrogen (secondary N) is 3. The molecule has 2 atom stereocenters. The number of amides is 3. The maximum Gasteiger partial charge on any atom is 0.274 e. The summed E-state index contributed by atoms with van der Waals surface area (Å²) in [5, 5.41) is 17.0. The third-order valence-electron chi connectivity index (χ3n) is 6.84. The monoisotopic (exact) mass is 580 g/mol. The Labute approximate surface area is 242 Å². The third-order valence-corrected chi connectivity index (χ3v) is 7.48. The van der Waals surface area contributed by atoms with Crippen LogP contribution in [0.15, 0.2) is 47.3 Å². The van der Waals surface area contributed by atoms with Crippen molar-refractivity contribution in [2.45, 2.75) is 51.7 Å². The first-order valence-corrected chi connectivity index (χ1v) is 15.1. The highest BCUT2D eigenvalue weighted by atomic mass is 32.2. The lowest BCUT2D eigenvalue weighted by Crippen LogP contribution is -2.49. The first-order valence-electron chi connectivity index (χ1n) is 13.7. The van der Waals surface area contributed by atoms with Crippen molar-refractivity contribution in [3.05, 3.63) is 64.3 Å². The molecule has 4 rings (SSSR count). The van der Waals surface area contributed by atoms with E-state index >= 15 is 0 Å². The molecule has 3 amide bonds. The molecule has 3 aromatic rings. The molecular weight excluding hydrogens is 544 g/mol. The van der Waals surface area contributed by atoms with Crippen LogP contribution in [0.25, 0.3) is 11.4 Å². The lowest BCUT2D eigenvalue weighted by atomic mass is 10.0. The number of thioether (sulfide) groups is 1. The highest BCUT2D eigenvalue weighted by Gasteiger charge is 2.30. The van der Waals surface area contributed by atoms with Gasteiger partial charge in [0.15, 0.2) is 11.6 Å². The van der Waals surface area contributed by atoms with Crippen molar-refractivity contribution in [1.82, 2.24) is 40.5 Å². The van der Waals surface area contributed by atoms with Crippen LogP contribution in [0.1, 0.15) is 55.5 Å². The number of hydrogen-bond acceptors (Lipinski definition) is 8. The number of fused-ring (bicyclic) bond motifs is 1. The van der Waals surface area contributed by atoms with E-state index in [2.05, 4.69) is 20.8 Å². The average molecular weight is 581 g/mol. The normalized spacial score (nSPS) is 18.8. The number of hydrogen-bond donors (Lipinski definition) is 3. The maximum atomic E-state index is 13.5. The molecule has 218 valence electrons. The zero-order valence-electron chi connectivity index (χ0n) is 23.5. The van der Waals surface area contributed by atoms with E-state index in [9.17, 15) is 19.2 Å². The summed E-state index contributed by atoms with van der Waals surface area (Å²) in [7, 11) is 0. The average Bonchev–Trinajstić information content (AvgIpc) is 3.39. The molecule has 0 unspecified atom stereocenters. The molecule has 0 saturated carbocycles. The van der Waals surface area contributed by atoms with Gasteiger partial charge in [-0.2, -0.15) is 22.0 Å². The van der Waals surface area contributed by atoms with Gasteiger partial charge in [0, 0.05) is 31.1 Å². The van der Waals surface area contributed by atoms with Crippen molar-refractivity contribution in [3.63, 3.8) is 0 Å². The summed E-state index contributed by atoms with van der Waals surface area (Å²) in [6.07, 6.45) is 2.96. The minimum absolute atomic E-state index is 0.0431. The van der Waals surface area contributed by atoms with Crippen molar-refractivity contribution >= 4 is 29.5 Å². The first-order chi connectivity index (χ1) is 19.8. The number of benzene rings is 1. The lowest BCUT2D eigenvalue weighted by molar-refractivity contribution is -0.129. The van der Waals surface area contributed by atoms with Gasteiger partial charge in [-0.1, -0.05) is 44.2 Å². The van der Waals surface area contributed by atoms with E-state index in [1.54, 1.807) is 21.3 Å². The summed E-state index contributed by atoms with van der Waals surface area (Å²) in [6.45, 7) is 4.80. The highest BCUT2D eigenvalue weighted by molar-refractivity contribution is 7.98. The maximum absolute atomic E-state index is 13.5. The summed E-state index contributed by atoms with van der Waals surface area (Å²) in [5.41, 5.74) is 0.524. The second kappa shape index (κ2) is 14.1. The Morgan fingerprint density at radius 2 is 1.83 bits per heavy atom. The Balaban J connectivity index is 1.73. The van der Waals surface area contributed by atoms with Crippen molar-refractivity contribution in [1.29, 1.82) is 0 Å². The van der Waals surface area contributed by atoms with Gasteiger partial charge in [0.05, 0.1) is 12.6 Å². The summed E-state index contributed by atoms with van der Waals surface area (Å²) in [5.74, 6) is 0.844. The molecule has 2 aromatic heterocycles. The van der Waals surface area contributed by atoms with E-state index in [0.717, 1.165) is 5.56 Å². The van der Waals surface area contributed by atoms with Gasteiger partial charge in [0.25, 0.3) is 11.5 Å². The molecule has 3 N–H and O–H groups in total. The number of carbonyl (C=O) groups is 3. The van der Waals surface area contributed by atoms with Crippen LogP contribution in [0.4, 0.5) is 0 Å². The van der Waals surface area contributed by atoms with Gasteiger partial charge in [-0.05, 0) is 36.8 Å². The summed E-state index contributed by atoms with van der Waals surface area (Å²) < 4.78 is 1.75. The lowest BCUT2D eigenvalue weighted by Gasteiger charge is -2.27. The first kappa shape index (κ1) is 30.0. The van der Waals surface area contributed by atoms with E-state index < -0.39 is 17.6 Å². The molecule has 0 fully saturated rings. The Morgan fingerprint density at radius 1 is 1.05 bits per heavy atom. The van der Waals surface area contributed by atoms with Gasteiger partial charge in [0.1, 0.15) is 11.7 Å². The summed E-state index contributed by atoms with van der Waals surface area (Å²) in [4.78, 5) is 57.7. The Hall–Kier alpha value is -4.00. The second-order valence-electron chi connectivity index (χ2n) is 10.2. The zero-order chi connectivity index (χ0) is 29.4. The van der Waals surface area contributed by atoms with E-state index in [0.29, 0.717) is 36.8 Å². The van der Waals surface area contributed by atoms with Crippen LogP contribution >= 0.6 is 11.8 Å². The number of aromatic amines is 1. The number of H-pyrrole nitrogens is 1. The van der Waals surface area contributed by atoms with Gasteiger partial charge in [-0.15, -0.1) is 0 Å². The van der Waals surface area contributed by atoms with Gasteiger partial charge in [0.2, 0.25) is 11.8 Å². The van der Waals surface area contributed by atoms with Gasteiger partial charge >= 0.3 is 0 Å². The molecule has 1 aliphatic rings. The van der Waals surface area contributed by atoms with Crippen molar-refractivity contribution in [3.8, 4) is 11.4 Å². The van der Waals surface area contributed by atoms with Crippen LogP contribution in [0, 0.1) is 5.92 Å². The fourth-order valence-electron chi connectivity index (χ4n) is 4.60. The molecule has 1 aromatic carbocycles. The molecule has 0 aliphatic carbocycles. The van der Waals surface area contributed by atoms with Crippen LogP contribution in [-0.2, 0) is 16.1 Å². The van der Waals surface area contributed by atoms with E-state index in [-0.39, 0.29) is 48.8 Å². The van der Waals surface area contributed by atoms with E-state index in [1.807, 2.05) is 50.4 Å². The topological polar surface area (TPSA) is 155 Å². The summed E-state index contributed by atoms with van der Waals surface area (Å²) in [6, 6.07) is 11.0. The zero-order valence-corrected chi connectivity index (χ0v) is 24.3. The molecule has 13 heteroatoms. The molecular formula is C28H36N8O4S. The van der Waals surface area contributed by atoms with Gasteiger partial charge < -0.3 is 15.5 Å². The van der Waals surface area contributed by atoms with Crippen LogP contribution in [0.2, 0.25) is 0 Å². The quantitative estimate of drug-likeness (QED) is 0.400. The van der Waals surface area contributed by atoms with Gasteiger partial charge in [-0.3, -0.25) is 19.2 Å². The minimum Gasteiger partial charge on any atom is -0.344 e. The highest BCUT2D eigenvalue weighted by Crippen LogP contribution is 2.25. The molecule has 0 spiro atoms. The molecule has 12 nitrogen and oxygen atoms in total. The number of carbonyl (C=O) groups excluding carboxylic acids is 3. The predicted molar refractivity (Wildman–Crippen MR) is 156 cm³/mol. The molecule has 41 heavy (non-hydrogen) atoms. The second-order valence-corrected chi connectivity index (χ2v) is 11.2. The molecule has 0 bridgehead atoms. The summed E-state index contributed by atoms with van der Waals surface area (Å²) >= 11 is 1.60. The third kappa shape index (κ3) is 7.81. The molecule has 0 radical (unpaired) electrons. The van der Waals surface area contributed by atoms with Crippen LogP contribution in [0.5, 0.6) is 0 Å². The smallest absolute Gasteiger partial charge is 0.274 e. The number of rotatable bonds is 6. The van der Waals surface area contributed by atoms with Crippen LogP contribution in [0.3, 0.4) is 0 Å². The molecule has 3 heterocycles. The Bertz CT molecular complexity index is 1390. The van der Waals surface area contributed by atoms with E-state index in [1.165, 1.54) is 12.1 Å². The van der Waals surface area contributed by atoms with Crippen molar-refractivity contribution in [2.24, 2.45) is 5.92 Å². The van der Waals surface area contributed by atoms with Crippen molar-refractivity contribution < 1.29 is 14.4 Å². The van der Waals surface area contributed by atoms with Crippen LogP contribution < -0.4 is 16.2 Å². The van der Waals surface area contributed by atoms with Crippen molar-refractivity contribution in [2.75, 3.05) is 25.1 Å². The standard InChI is InChI=1S/C28H36N8O4S/c1-18(2)24-26-31-25(19-8-5-4-6-9-19)34-36(26)16-15-35(28(40)21-11-12-23(38)33-32-21)14-7-10-22(37)29-20(13-17-41-3)27(39)30-24/h4-6,8-9,11-12,18,20,24H,7,10,13-17H2,1-3H3,(H,29,37)(H,30,39)(H,33,38)/t20-,24+/m0/s1. The molecule has 1 aliphatic heterocycles. The SMILES string of the molecule is CSCC[C@@H]1NC(=O)CCCN(C(=O)c2ccc(=O)[nH]n2)CCn2nc(-c3ccccc3)nc2[C@@H](C(C)C)NC1=O. The van der Waals surface area contributed by atoms with Crippen LogP contribution in [-0.4, -0.2) is 78.7 Å².